The summed E-state index contributed by atoms with van der Waals surface area (Å²) >= 11 is 0. The van der Waals surface area contributed by atoms with Crippen LogP contribution in [0.3, 0.4) is 0 Å². The van der Waals surface area contributed by atoms with Gasteiger partial charge in [0.2, 0.25) is 0 Å². The average Bonchev–Trinajstić information content (AvgIpc) is 2.47. The first-order valence-corrected chi connectivity index (χ1v) is 6.16. The highest BCUT2D eigenvalue weighted by Crippen LogP contribution is 2.18. The average molecular weight is 252 g/mol. The maximum atomic E-state index is 10.4. The first kappa shape index (κ1) is 13.1. The number of aldehydes is 1. The second kappa shape index (κ2) is 6.55. The smallest absolute Gasteiger partial charge is 0.142 e. The fourth-order valence-electron chi connectivity index (χ4n) is 1.96. The van der Waals surface area contributed by atoms with Crippen molar-refractivity contribution < 1.29 is 9.53 Å². The van der Waals surface area contributed by atoms with Crippen LogP contribution in [0.15, 0.2) is 54.6 Å². The third kappa shape index (κ3) is 3.55. The van der Waals surface area contributed by atoms with Crippen LogP contribution in [0.25, 0.3) is 6.08 Å². The minimum Gasteiger partial charge on any atom is -0.497 e. The van der Waals surface area contributed by atoms with Crippen LogP contribution in [-0.2, 0) is 11.2 Å². The van der Waals surface area contributed by atoms with Crippen LogP contribution in [0.4, 0.5) is 0 Å². The van der Waals surface area contributed by atoms with Crippen LogP contribution in [0.2, 0.25) is 0 Å². The number of carbonyl (C=O) groups is 1. The van der Waals surface area contributed by atoms with Crippen molar-refractivity contribution in [3.63, 3.8) is 0 Å². The molecule has 0 spiro atoms. The molecule has 2 rings (SSSR count). The molecule has 2 nitrogen and oxygen atoms in total. The van der Waals surface area contributed by atoms with Gasteiger partial charge in [-0.15, -0.1) is 0 Å². The highest BCUT2D eigenvalue weighted by Gasteiger charge is 2.01. The molecule has 0 N–H and O–H groups in total. The predicted octanol–water partition coefficient (Wildman–Crippen LogP) is 3.50. The van der Waals surface area contributed by atoms with Gasteiger partial charge < -0.3 is 4.74 Å². The molecule has 0 aromatic heterocycles. The SMILES string of the molecule is COc1ccc(Cc2ccccc2C=CC=O)cc1. The summed E-state index contributed by atoms with van der Waals surface area (Å²) in [5.41, 5.74) is 3.49. The topological polar surface area (TPSA) is 26.3 Å². The van der Waals surface area contributed by atoms with Crippen LogP contribution in [0.1, 0.15) is 16.7 Å². The van der Waals surface area contributed by atoms with Gasteiger partial charge in [-0.1, -0.05) is 42.5 Å². The van der Waals surface area contributed by atoms with Gasteiger partial charge in [0, 0.05) is 0 Å². The zero-order chi connectivity index (χ0) is 13.5. The molecule has 2 aromatic rings. The Morgan fingerprint density at radius 1 is 1.05 bits per heavy atom. The summed E-state index contributed by atoms with van der Waals surface area (Å²) in [7, 11) is 1.66. The van der Waals surface area contributed by atoms with E-state index < -0.39 is 0 Å². The molecule has 19 heavy (non-hydrogen) atoms. The van der Waals surface area contributed by atoms with Crippen molar-refractivity contribution in [2.75, 3.05) is 7.11 Å². The Labute approximate surface area is 113 Å². The van der Waals surface area contributed by atoms with Gasteiger partial charge in [0.1, 0.15) is 12.0 Å². The Morgan fingerprint density at radius 3 is 2.47 bits per heavy atom. The van der Waals surface area contributed by atoms with E-state index in [2.05, 4.69) is 18.2 Å². The molecule has 2 aromatic carbocycles. The third-order valence-corrected chi connectivity index (χ3v) is 2.96. The summed E-state index contributed by atoms with van der Waals surface area (Å²) in [6.45, 7) is 0. The van der Waals surface area contributed by atoms with Gasteiger partial charge in [-0.05, 0) is 41.3 Å². The van der Waals surface area contributed by atoms with E-state index >= 15 is 0 Å². The van der Waals surface area contributed by atoms with Crippen LogP contribution < -0.4 is 4.74 Å². The van der Waals surface area contributed by atoms with E-state index in [1.807, 2.05) is 36.4 Å². The molecule has 2 heteroatoms. The monoisotopic (exact) mass is 252 g/mol. The van der Waals surface area contributed by atoms with Crippen molar-refractivity contribution in [3.8, 4) is 5.75 Å². The largest absolute Gasteiger partial charge is 0.497 e. The van der Waals surface area contributed by atoms with Crippen molar-refractivity contribution >= 4 is 12.4 Å². The maximum Gasteiger partial charge on any atom is 0.142 e. The molecule has 0 bridgehead atoms. The zero-order valence-electron chi connectivity index (χ0n) is 10.9. The second-order valence-electron chi connectivity index (χ2n) is 4.22. The van der Waals surface area contributed by atoms with E-state index in [9.17, 15) is 4.79 Å². The number of hydrogen-bond donors (Lipinski definition) is 0. The summed E-state index contributed by atoms with van der Waals surface area (Å²) in [6, 6.07) is 16.1. The molecule has 0 aliphatic heterocycles. The molecule has 0 saturated heterocycles. The summed E-state index contributed by atoms with van der Waals surface area (Å²) < 4.78 is 5.15. The molecule has 0 radical (unpaired) electrons. The fourth-order valence-corrected chi connectivity index (χ4v) is 1.96. The van der Waals surface area contributed by atoms with Crippen LogP contribution >= 0.6 is 0 Å². The summed E-state index contributed by atoms with van der Waals surface area (Å²) in [6.07, 6.45) is 4.99. The molecule has 0 fully saturated rings. The fraction of sp³-hybridized carbons (Fsp3) is 0.118. The van der Waals surface area contributed by atoms with Crippen molar-refractivity contribution in [2.24, 2.45) is 0 Å². The van der Waals surface area contributed by atoms with E-state index in [1.54, 1.807) is 7.11 Å². The summed E-state index contributed by atoms with van der Waals surface area (Å²) in [5.74, 6) is 0.859. The lowest BCUT2D eigenvalue weighted by atomic mass is 9.99. The summed E-state index contributed by atoms with van der Waals surface area (Å²) in [5, 5.41) is 0. The number of methoxy groups -OCH3 is 1. The standard InChI is InChI=1S/C17H16O2/c1-19-17-10-8-14(9-11-17)13-16-6-3-2-5-15(16)7-4-12-18/h2-12H,13H2,1H3. The lowest BCUT2D eigenvalue weighted by molar-refractivity contribution is -0.104. The Bertz CT molecular complexity index is 568. The first-order valence-electron chi connectivity index (χ1n) is 6.16. The van der Waals surface area contributed by atoms with E-state index in [0.29, 0.717) is 0 Å². The number of benzene rings is 2. The molecule has 0 amide bonds. The lowest BCUT2D eigenvalue weighted by Crippen LogP contribution is -1.92. The summed E-state index contributed by atoms with van der Waals surface area (Å²) in [4.78, 5) is 10.4. The Balaban J connectivity index is 2.22. The Morgan fingerprint density at radius 2 is 1.79 bits per heavy atom. The number of carbonyl (C=O) groups excluding carboxylic acids is 1. The third-order valence-electron chi connectivity index (χ3n) is 2.96. The quantitative estimate of drug-likeness (QED) is 0.601. The lowest BCUT2D eigenvalue weighted by Gasteiger charge is -2.07. The number of rotatable bonds is 5. The maximum absolute atomic E-state index is 10.4. The highest BCUT2D eigenvalue weighted by atomic mass is 16.5. The molecule has 0 heterocycles. The molecule has 96 valence electrons. The number of hydrogen-bond acceptors (Lipinski definition) is 2. The van der Waals surface area contributed by atoms with E-state index in [0.717, 1.165) is 24.0 Å². The molecule has 0 aliphatic rings. The van der Waals surface area contributed by atoms with Crippen LogP contribution in [0.5, 0.6) is 5.75 Å². The van der Waals surface area contributed by atoms with Gasteiger partial charge in [0.15, 0.2) is 0 Å². The van der Waals surface area contributed by atoms with Gasteiger partial charge in [0.25, 0.3) is 0 Å². The van der Waals surface area contributed by atoms with E-state index in [4.69, 9.17) is 4.74 Å². The molecule has 0 saturated carbocycles. The first-order chi connectivity index (χ1) is 9.33. The van der Waals surface area contributed by atoms with E-state index in [-0.39, 0.29) is 0 Å². The van der Waals surface area contributed by atoms with Gasteiger partial charge >= 0.3 is 0 Å². The predicted molar refractivity (Wildman–Crippen MR) is 77.3 cm³/mol. The van der Waals surface area contributed by atoms with Gasteiger partial charge in [-0.25, -0.2) is 0 Å². The Hall–Kier alpha value is -2.35. The van der Waals surface area contributed by atoms with Gasteiger partial charge in [-0.3, -0.25) is 4.79 Å². The Kier molecular flexibility index (Phi) is 4.51. The van der Waals surface area contributed by atoms with Crippen molar-refractivity contribution in [2.45, 2.75) is 6.42 Å². The normalized spacial score (nSPS) is 10.6. The van der Waals surface area contributed by atoms with Crippen molar-refractivity contribution in [1.82, 2.24) is 0 Å². The number of ether oxygens (including phenoxy) is 1. The minimum atomic E-state index is 0.796. The molecular weight excluding hydrogens is 236 g/mol. The van der Waals surface area contributed by atoms with Crippen LogP contribution in [0, 0.1) is 0 Å². The van der Waals surface area contributed by atoms with Crippen molar-refractivity contribution in [3.05, 3.63) is 71.3 Å². The highest BCUT2D eigenvalue weighted by molar-refractivity contribution is 5.74. The molecule has 0 atom stereocenters. The second-order valence-corrected chi connectivity index (χ2v) is 4.22. The van der Waals surface area contributed by atoms with Gasteiger partial charge in [-0.2, -0.15) is 0 Å². The minimum absolute atomic E-state index is 0.796. The van der Waals surface area contributed by atoms with Gasteiger partial charge in [0.05, 0.1) is 7.11 Å². The molecular formula is C17H16O2. The van der Waals surface area contributed by atoms with E-state index in [1.165, 1.54) is 17.2 Å². The van der Waals surface area contributed by atoms with Crippen LogP contribution in [-0.4, -0.2) is 13.4 Å². The van der Waals surface area contributed by atoms with Crippen molar-refractivity contribution in [1.29, 1.82) is 0 Å². The molecule has 0 aliphatic carbocycles. The zero-order valence-corrected chi connectivity index (χ0v) is 10.9. The molecule has 0 unspecified atom stereocenters. The number of allylic oxidation sites excluding steroid dienone is 1.